The molecule has 2 N–H and O–H groups in total. The van der Waals surface area contributed by atoms with Crippen molar-refractivity contribution >= 4 is 10.8 Å². The molecule has 2 aliphatic heterocycles. The van der Waals surface area contributed by atoms with Gasteiger partial charge in [-0.1, -0.05) is 48.5 Å². The van der Waals surface area contributed by atoms with Crippen LogP contribution in [0.25, 0.3) is 10.8 Å². The maximum Gasteiger partial charge on any atom is 0.133 e. The highest BCUT2D eigenvalue weighted by atomic mass is 16.5. The summed E-state index contributed by atoms with van der Waals surface area (Å²) in [6, 6.07) is 19.8. The molecule has 0 aromatic heterocycles. The zero-order valence-electron chi connectivity index (χ0n) is 17.8. The van der Waals surface area contributed by atoms with Crippen molar-refractivity contribution in [3.63, 3.8) is 0 Å². The Balaban J connectivity index is 1.29. The van der Waals surface area contributed by atoms with E-state index in [2.05, 4.69) is 23.1 Å². The fourth-order valence-corrected chi connectivity index (χ4v) is 5.00. The normalized spacial score (nSPS) is 21.5. The molecule has 2 aliphatic rings. The first-order valence-corrected chi connectivity index (χ1v) is 11.0. The first-order chi connectivity index (χ1) is 15.1. The van der Waals surface area contributed by atoms with Crippen LogP contribution in [0.1, 0.15) is 42.6 Å². The van der Waals surface area contributed by atoms with Gasteiger partial charge in [0.15, 0.2) is 0 Å². The molecule has 0 saturated carbocycles. The number of nitrogens with zero attached hydrogens (tertiary/aromatic N) is 1. The van der Waals surface area contributed by atoms with Gasteiger partial charge in [0.05, 0.1) is 19.3 Å². The van der Waals surface area contributed by atoms with E-state index in [0.717, 1.165) is 59.3 Å². The van der Waals surface area contributed by atoms with E-state index in [4.69, 9.17) is 9.47 Å². The van der Waals surface area contributed by atoms with Gasteiger partial charge in [-0.25, -0.2) is 0 Å². The van der Waals surface area contributed by atoms with Crippen LogP contribution < -0.4 is 9.47 Å². The molecular formula is C26H29NO4. The molecule has 31 heavy (non-hydrogen) atoms. The van der Waals surface area contributed by atoms with Crippen LogP contribution in [0, 0.1) is 0 Å². The molecule has 3 aromatic rings. The van der Waals surface area contributed by atoms with Crippen LogP contribution in [-0.2, 0) is 0 Å². The average molecular weight is 420 g/mol. The molecule has 3 aromatic carbocycles. The molecular weight excluding hydrogens is 390 g/mol. The maximum atomic E-state index is 10.9. The second-order valence-electron chi connectivity index (χ2n) is 8.80. The zero-order valence-corrected chi connectivity index (χ0v) is 17.8. The zero-order chi connectivity index (χ0) is 21.4. The minimum Gasteiger partial charge on any atom is -0.497 e. The van der Waals surface area contributed by atoms with Crippen LogP contribution in [0.5, 0.6) is 11.5 Å². The number of aliphatic hydroxyl groups excluding tert-OH is 2. The van der Waals surface area contributed by atoms with Crippen LogP contribution in [-0.4, -0.2) is 47.5 Å². The molecule has 0 bridgehead atoms. The van der Waals surface area contributed by atoms with Gasteiger partial charge in [-0.15, -0.1) is 0 Å². The van der Waals surface area contributed by atoms with Gasteiger partial charge < -0.3 is 24.6 Å². The largest absolute Gasteiger partial charge is 0.497 e. The van der Waals surface area contributed by atoms with Crippen LogP contribution in [0.15, 0.2) is 60.7 Å². The molecule has 0 radical (unpaired) electrons. The van der Waals surface area contributed by atoms with Crippen molar-refractivity contribution in [2.45, 2.75) is 37.1 Å². The molecule has 5 rings (SSSR count). The molecule has 1 spiro atoms. The molecule has 2 heterocycles. The topological polar surface area (TPSA) is 62.2 Å². The van der Waals surface area contributed by atoms with Crippen molar-refractivity contribution in [2.24, 2.45) is 0 Å². The van der Waals surface area contributed by atoms with Crippen LogP contribution in [0.3, 0.4) is 0 Å². The van der Waals surface area contributed by atoms with Gasteiger partial charge in [0.25, 0.3) is 0 Å². The molecule has 5 heteroatoms. The molecule has 1 saturated heterocycles. The molecule has 0 aliphatic carbocycles. The first kappa shape index (κ1) is 20.3. The quantitative estimate of drug-likeness (QED) is 0.663. The van der Waals surface area contributed by atoms with Crippen molar-refractivity contribution in [1.82, 2.24) is 4.90 Å². The van der Waals surface area contributed by atoms with E-state index in [1.165, 1.54) is 0 Å². The van der Waals surface area contributed by atoms with Gasteiger partial charge in [0, 0.05) is 37.0 Å². The number of ether oxygens (including phenoxy) is 2. The predicted molar refractivity (Wildman–Crippen MR) is 121 cm³/mol. The van der Waals surface area contributed by atoms with E-state index < -0.39 is 12.2 Å². The number of benzene rings is 3. The molecule has 2 atom stereocenters. The highest BCUT2D eigenvalue weighted by Crippen LogP contribution is 2.47. The van der Waals surface area contributed by atoms with E-state index in [1.807, 2.05) is 42.5 Å². The Kier molecular flexibility index (Phi) is 5.34. The Morgan fingerprint density at radius 2 is 1.90 bits per heavy atom. The predicted octanol–water partition coefficient (Wildman–Crippen LogP) is 4.23. The number of piperidine rings is 1. The summed E-state index contributed by atoms with van der Waals surface area (Å²) >= 11 is 0. The van der Waals surface area contributed by atoms with Gasteiger partial charge >= 0.3 is 0 Å². The molecule has 162 valence electrons. The minimum absolute atomic E-state index is 0.353. The first-order valence-electron chi connectivity index (χ1n) is 11.0. The summed E-state index contributed by atoms with van der Waals surface area (Å²) in [5, 5.41) is 23.8. The van der Waals surface area contributed by atoms with Gasteiger partial charge in [-0.2, -0.15) is 0 Å². The van der Waals surface area contributed by atoms with Crippen LogP contribution in [0.4, 0.5) is 0 Å². The van der Waals surface area contributed by atoms with Gasteiger partial charge in [-0.3, -0.25) is 0 Å². The van der Waals surface area contributed by atoms with Gasteiger partial charge in [0.1, 0.15) is 17.1 Å². The number of β-amino-alcohol motifs (C(OH)–C–C–N with tert-alkyl or cyclic N) is 1. The van der Waals surface area contributed by atoms with Crippen molar-refractivity contribution in [1.29, 1.82) is 0 Å². The van der Waals surface area contributed by atoms with Gasteiger partial charge in [-0.05, 0) is 35.9 Å². The number of likely N-dealkylation sites (tertiary alicyclic amines) is 1. The Bertz CT molecular complexity index is 1070. The number of rotatable bonds is 4. The SMILES string of the molecule is COc1cccc([C@@H](O)CN2CCC3(CC2)C[C@H](O)c2ccc4ccccc4c2O3)c1. The third kappa shape index (κ3) is 3.89. The van der Waals surface area contributed by atoms with E-state index in [0.29, 0.717) is 13.0 Å². The summed E-state index contributed by atoms with van der Waals surface area (Å²) < 4.78 is 11.9. The minimum atomic E-state index is -0.563. The standard InChI is InChI=1S/C26H29NO4/c1-30-20-7-4-6-19(15-20)24(29)17-27-13-11-26(12-14-27)16-23(28)22-10-9-18-5-2-3-8-21(18)25(22)31-26/h2-10,15,23-24,28-29H,11-14,16-17H2,1H3/t23-,24-/m0/s1. The number of fused-ring (bicyclic) bond motifs is 3. The maximum absolute atomic E-state index is 10.9. The van der Waals surface area contributed by atoms with Gasteiger partial charge in [0.2, 0.25) is 0 Å². The molecule has 0 unspecified atom stereocenters. The van der Waals surface area contributed by atoms with Crippen molar-refractivity contribution in [3.05, 3.63) is 71.8 Å². The number of aliphatic hydroxyl groups is 2. The molecule has 1 fully saturated rings. The van der Waals surface area contributed by atoms with Crippen LogP contribution >= 0.6 is 0 Å². The second kappa shape index (κ2) is 8.15. The lowest BCUT2D eigenvalue weighted by Crippen LogP contribution is -2.51. The summed E-state index contributed by atoms with van der Waals surface area (Å²) in [6.45, 7) is 2.23. The van der Waals surface area contributed by atoms with Crippen molar-refractivity contribution in [3.8, 4) is 11.5 Å². The number of hydrogen-bond acceptors (Lipinski definition) is 5. The summed E-state index contributed by atoms with van der Waals surface area (Å²) in [5.41, 5.74) is 1.40. The molecule has 5 nitrogen and oxygen atoms in total. The third-order valence-electron chi connectivity index (χ3n) is 6.83. The highest BCUT2D eigenvalue weighted by molar-refractivity contribution is 5.90. The Labute approximate surface area is 182 Å². The van der Waals surface area contributed by atoms with Crippen molar-refractivity contribution in [2.75, 3.05) is 26.7 Å². The van der Waals surface area contributed by atoms with E-state index in [9.17, 15) is 10.2 Å². The second-order valence-corrected chi connectivity index (χ2v) is 8.80. The lowest BCUT2D eigenvalue weighted by Gasteiger charge is -2.46. The Hall–Kier alpha value is -2.60. The number of methoxy groups -OCH3 is 1. The number of hydrogen-bond donors (Lipinski definition) is 2. The summed E-state index contributed by atoms with van der Waals surface area (Å²) in [7, 11) is 1.63. The highest BCUT2D eigenvalue weighted by Gasteiger charge is 2.43. The van der Waals surface area contributed by atoms with Crippen LogP contribution in [0.2, 0.25) is 0 Å². The summed E-state index contributed by atoms with van der Waals surface area (Å²) in [4.78, 5) is 2.28. The lowest BCUT2D eigenvalue weighted by atomic mass is 9.81. The Morgan fingerprint density at radius 3 is 2.71 bits per heavy atom. The van der Waals surface area contributed by atoms with E-state index >= 15 is 0 Å². The Morgan fingerprint density at radius 1 is 1.10 bits per heavy atom. The van der Waals surface area contributed by atoms with Crippen molar-refractivity contribution < 1.29 is 19.7 Å². The average Bonchev–Trinajstić information content (AvgIpc) is 2.80. The van der Waals surface area contributed by atoms with E-state index in [1.54, 1.807) is 7.11 Å². The fourth-order valence-electron chi connectivity index (χ4n) is 5.00. The lowest BCUT2D eigenvalue weighted by molar-refractivity contribution is -0.0577. The fraction of sp³-hybridized carbons (Fsp3) is 0.385. The summed E-state index contributed by atoms with van der Waals surface area (Å²) in [5.74, 6) is 1.59. The monoisotopic (exact) mass is 419 g/mol. The smallest absolute Gasteiger partial charge is 0.133 e. The molecule has 0 amide bonds. The van der Waals surface area contributed by atoms with E-state index in [-0.39, 0.29) is 5.60 Å². The summed E-state index contributed by atoms with van der Waals surface area (Å²) in [6.07, 6.45) is 1.20. The third-order valence-corrected chi connectivity index (χ3v) is 6.83.